The van der Waals surface area contributed by atoms with E-state index in [1.54, 1.807) is 0 Å². The van der Waals surface area contributed by atoms with Gasteiger partial charge < -0.3 is 10.2 Å². The van der Waals surface area contributed by atoms with Gasteiger partial charge in [-0.15, -0.1) is 0 Å². The lowest BCUT2D eigenvalue weighted by Gasteiger charge is -2.24. The fraction of sp³-hybridized carbons (Fsp3) is 0.538. The van der Waals surface area contributed by atoms with E-state index in [1.165, 1.54) is 11.3 Å². The number of hydrogen-bond acceptors (Lipinski definition) is 2. The van der Waals surface area contributed by atoms with Crippen LogP contribution in [0.25, 0.3) is 0 Å². The molecule has 0 bridgehead atoms. The molecule has 0 amide bonds. The highest BCUT2D eigenvalue weighted by molar-refractivity contribution is 5.46. The maximum absolute atomic E-state index is 3.42. The molecule has 1 atom stereocenters. The van der Waals surface area contributed by atoms with E-state index in [4.69, 9.17) is 0 Å². The number of aryl methyl sites for hydroxylation is 1. The molecular weight excluding hydrogens is 184 g/mol. The van der Waals surface area contributed by atoms with Crippen LogP contribution in [0.2, 0.25) is 0 Å². The first-order valence-corrected chi connectivity index (χ1v) is 5.64. The smallest absolute Gasteiger partial charge is 0.0364 e. The van der Waals surface area contributed by atoms with Crippen LogP contribution < -0.4 is 10.2 Å². The molecule has 0 saturated heterocycles. The zero-order valence-electron chi connectivity index (χ0n) is 10.2. The summed E-state index contributed by atoms with van der Waals surface area (Å²) in [6.45, 7) is 8.54. The number of likely N-dealkylation sites (N-methyl/N-ethyl adjacent to an activating group) is 2. The largest absolute Gasteiger partial charge is 0.373 e. The van der Waals surface area contributed by atoms with Crippen LogP contribution in [0.3, 0.4) is 0 Å². The lowest BCUT2D eigenvalue weighted by atomic mass is 10.2. The van der Waals surface area contributed by atoms with E-state index < -0.39 is 0 Å². The van der Waals surface area contributed by atoms with Gasteiger partial charge in [-0.2, -0.15) is 0 Å². The van der Waals surface area contributed by atoms with Crippen LogP contribution in [-0.2, 0) is 0 Å². The normalized spacial score (nSPS) is 12.5. The molecule has 0 aromatic heterocycles. The molecule has 1 aromatic rings. The van der Waals surface area contributed by atoms with Crippen LogP contribution >= 0.6 is 0 Å². The zero-order chi connectivity index (χ0) is 11.3. The topological polar surface area (TPSA) is 15.3 Å². The minimum Gasteiger partial charge on any atom is -0.373 e. The molecule has 2 heteroatoms. The van der Waals surface area contributed by atoms with E-state index in [1.807, 2.05) is 0 Å². The van der Waals surface area contributed by atoms with Gasteiger partial charge in [0.15, 0.2) is 0 Å². The summed E-state index contributed by atoms with van der Waals surface area (Å²) in [4.78, 5) is 2.28. The molecule has 2 nitrogen and oxygen atoms in total. The second kappa shape index (κ2) is 5.76. The Labute approximate surface area is 93.3 Å². The Bertz CT molecular complexity index is 279. The fourth-order valence-electron chi connectivity index (χ4n) is 1.73. The SMILES string of the molecule is CCNC(C)CN(C)c1ccc(C)cc1. The Morgan fingerprint density at radius 3 is 2.40 bits per heavy atom. The number of nitrogens with one attached hydrogen (secondary N) is 1. The van der Waals surface area contributed by atoms with Gasteiger partial charge in [-0.25, -0.2) is 0 Å². The first-order chi connectivity index (χ1) is 7.13. The Morgan fingerprint density at radius 2 is 1.87 bits per heavy atom. The molecule has 0 heterocycles. The average Bonchev–Trinajstić information content (AvgIpc) is 2.18. The van der Waals surface area contributed by atoms with Gasteiger partial charge in [0, 0.05) is 25.3 Å². The van der Waals surface area contributed by atoms with Crippen molar-refractivity contribution in [1.82, 2.24) is 5.32 Å². The highest BCUT2D eigenvalue weighted by Gasteiger charge is 2.05. The maximum Gasteiger partial charge on any atom is 0.0364 e. The monoisotopic (exact) mass is 206 g/mol. The maximum atomic E-state index is 3.42. The first-order valence-electron chi connectivity index (χ1n) is 5.64. The lowest BCUT2D eigenvalue weighted by molar-refractivity contribution is 0.565. The molecule has 0 aliphatic rings. The van der Waals surface area contributed by atoms with Crippen LogP contribution in [0.15, 0.2) is 24.3 Å². The van der Waals surface area contributed by atoms with Gasteiger partial charge in [0.05, 0.1) is 0 Å². The second-order valence-electron chi connectivity index (χ2n) is 4.17. The van der Waals surface area contributed by atoms with Gasteiger partial charge in [0.1, 0.15) is 0 Å². The predicted molar refractivity (Wildman–Crippen MR) is 67.6 cm³/mol. The van der Waals surface area contributed by atoms with Gasteiger partial charge in [-0.3, -0.25) is 0 Å². The van der Waals surface area contributed by atoms with E-state index in [0.29, 0.717) is 6.04 Å². The van der Waals surface area contributed by atoms with Crippen molar-refractivity contribution in [2.24, 2.45) is 0 Å². The van der Waals surface area contributed by atoms with Gasteiger partial charge in [0.25, 0.3) is 0 Å². The summed E-state index contributed by atoms with van der Waals surface area (Å²) in [5.41, 5.74) is 2.59. The molecule has 0 saturated carbocycles. The minimum atomic E-state index is 0.529. The minimum absolute atomic E-state index is 0.529. The number of nitrogens with zero attached hydrogens (tertiary/aromatic N) is 1. The van der Waals surface area contributed by atoms with Crippen LogP contribution in [0.5, 0.6) is 0 Å². The van der Waals surface area contributed by atoms with Crippen molar-refractivity contribution in [2.75, 3.05) is 25.0 Å². The summed E-state index contributed by atoms with van der Waals surface area (Å²) in [6.07, 6.45) is 0. The fourth-order valence-corrected chi connectivity index (χ4v) is 1.73. The highest BCUT2D eigenvalue weighted by Crippen LogP contribution is 2.13. The summed E-state index contributed by atoms with van der Waals surface area (Å²) < 4.78 is 0. The molecule has 1 rings (SSSR count). The highest BCUT2D eigenvalue weighted by atomic mass is 15.1. The number of benzene rings is 1. The van der Waals surface area contributed by atoms with Crippen molar-refractivity contribution in [2.45, 2.75) is 26.8 Å². The Morgan fingerprint density at radius 1 is 1.27 bits per heavy atom. The Kier molecular flexibility index (Phi) is 4.63. The molecule has 0 spiro atoms. The van der Waals surface area contributed by atoms with Gasteiger partial charge >= 0.3 is 0 Å². The van der Waals surface area contributed by atoms with Crippen LogP contribution in [0.4, 0.5) is 5.69 Å². The van der Waals surface area contributed by atoms with Crippen molar-refractivity contribution in [3.05, 3.63) is 29.8 Å². The summed E-state index contributed by atoms with van der Waals surface area (Å²) in [6, 6.07) is 9.19. The third-order valence-electron chi connectivity index (χ3n) is 2.58. The van der Waals surface area contributed by atoms with Crippen molar-refractivity contribution in [1.29, 1.82) is 0 Å². The second-order valence-corrected chi connectivity index (χ2v) is 4.17. The van der Waals surface area contributed by atoms with Crippen LogP contribution in [0.1, 0.15) is 19.4 Å². The predicted octanol–water partition coefficient (Wildman–Crippen LogP) is 2.43. The molecule has 1 N–H and O–H groups in total. The van der Waals surface area contributed by atoms with Gasteiger partial charge in [-0.1, -0.05) is 24.6 Å². The quantitative estimate of drug-likeness (QED) is 0.796. The first kappa shape index (κ1) is 12.1. The number of rotatable bonds is 5. The molecule has 1 aromatic carbocycles. The van der Waals surface area contributed by atoms with E-state index in [2.05, 4.69) is 62.3 Å². The van der Waals surface area contributed by atoms with Crippen molar-refractivity contribution >= 4 is 5.69 Å². The molecular formula is C13H22N2. The summed E-state index contributed by atoms with van der Waals surface area (Å²) in [7, 11) is 2.14. The van der Waals surface area contributed by atoms with Gasteiger partial charge in [-0.05, 0) is 32.5 Å². The van der Waals surface area contributed by atoms with E-state index in [0.717, 1.165) is 13.1 Å². The van der Waals surface area contributed by atoms with Crippen LogP contribution in [0, 0.1) is 6.92 Å². The zero-order valence-corrected chi connectivity index (χ0v) is 10.2. The third-order valence-corrected chi connectivity index (χ3v) is 2.58. The standard InChI is InChI=1S/C13H22N2/c1-5-14-12(3)10-15(4)13-8-6-11(2)7-9-13/h6-9,12,14H,5,10H2,1-4H3. The van der Waals surface area contributed by atoms with Crippen molar-refractivity contribution < 1.29 is 0 Å². The van der Waals surface area contributed by atoms with Crippen molar-refractivity contribution in [3.8, 4) is 0 Å². The number of hydrogen-bond donors (Lipinski definition) is 1. The molecule has 0 aliphatic carbocycles. The van der Waals surface area contributed by atoms with Crippen molar-refractivity contribution in [3.63, 3.8) is 0 Å². The lowest BCUT2D eigenvalue weighted by Crippen LogP contribution is -2.37. The molecule has 0 radical (unpaired) electrons. The van der Waals surface area contributed by atoms with E-state index in [-0.39, 0.29) is 0 Å². The molecule has 0 fully saturated rings. The third kappa shape index (κ3) is 3.92. The molecule has 15 heavy (non-hydrogen) atoms. The summed E-state index contributed by atoms with van der Waals surface area (Å²) >= 11 is 0. The number of anilines is 1. The summed E-state index contributed by atoms with van der Waals surface area (Å²) in [5, 5.41) is 3.42. The molecule has 1 unspecified atom stereocenters. The molecule has 0 aliphatic heterocycles. The molecule has 84 valence electrons. The Hall–Kier alpha value is -1.02. The van der Waals surface area contributed by atoms with E-state index >= 15 is 0 Å². The summed E-state index contributed by atoms with van der Waals surface area (Å²) in [5.74, 6) is 0. The van der Waals surface area contributed by atoms with Gasteiger partial charge in [0.2, 0.25) is 0 Å². The Balaban J connectivity index is 2.53. The average molecular weight is 206 g/mol. The van der Waals surface area contributed by atoms with E-state index in [9.17, 15) is 0 Å². The van der Waals surface area contributed by atoms with Crippen LogP contribution in [-0.4, -0.2) is 26.2 Å².